The van der Waals surface area contributed by atoms with Gasteiger partial charge in [-0.15, -0.1) is 10.2 Å². The van der Waals surface area contributed by atoms with Gasteiger partial charge in [0.2, 0.25) is 0 Å². The molecule has 0 amide bonds. The molecular formula is C11H13N5O2. The van der Waals surface area contributed by atoms with Crippen LogP contribution in [0.4, 0.5) is 5.69 Å². The monoisotopic (exact) mass is 247 g/mol. The smallest absolute Gasteiger partial charge is 0.273 e. The van der Waals surface area contributed by atoms with Crippen LogP contribution in [-0.4, -0.2) is 19.7 Å². The predicted octanol–water partition coefficient (Wildman–Crippen LogP) is 1.01. The van der Waals surface area contributed by atoms with Crippen molar-refractivity contribution in [2.24, 2.45) is 7.05 Å². The third-order valence-electron chi connectivity index (χ3n) is 2.59. The molecule has 0 saturated heterocycles. The fourth-order valence-electron chi connectivity index (χ4n) is 1.61. The van der Waals surface area contributed by atoms with Crippen LogP contribution in [0.15, 0.2) is 30.6 Å². The van der Waals surface area contributed by atoms with Crippen molar-refractivity contribution in [1.82, 2.24) is 20.1 Å². The van der Waals surface area contributed by atoms with E-state index in [1.54, 1.807) is 29.1 Å². The molecule has 1 aromatic carbocycles. The van der Waals surface area contributed by atoms with Crippen molar-refractivity contribution in [3.05, 3.63) is 52.1 Å². The van der Waals surface area contributed by atoms with Crippen LogP contribution in [0.5, 0.6) is 0 Å². The number of rotatable bonds is 5. The molecule has 1 aromatic heterocycles. The van der Waals surface area contributed by atoms with Crippen LogP contribution in [0.1, 0.15) is 11.4 Å². The number of nitro groups is 1. The number of hydrogen-bond acceptors (Lipinski definition) is 5. The standard InChI is InChI=1S/C11H13N5O2/c1-15-8-13-14-11(15)7-12-6-9-4-2-3-5-10(9)16(17)18/h2-5,8,12H,6-7H2,1H3. The highest BCUT2D eigenvalue weighted by Gasteiger charge is 2.11. The molecule has 7 heteroatoms. The van der Waals surface area contributed by atoms with Crippen LogP contribution in [0.25, 0.3) is 0 Å². The van der Waals surface area contributed by atoms with Gasteiger partial charge in [0, 0.05) is 25.2 Å². The largest absolute Gasteiger partial charge is 0.320 e. The second kappa shape index (κ2) is 5.37. The van der Waals surface area contributed by atoms with Crippen molar-refractivity contribution in [1.29, 1.82) is 0 Å². The van der Waals surface area contributed by atoms with Crippen molar-refractivity contribution in [3.8, 4) is 0 Å². The van der Waals surface area contributed by atoms with Gasteiger partial charge in [0.05, 0.1) is 11.5 Å². The van der Waals surface area contributed by atoms with Crippen LogP contribution in [-0.2, 0) is 20.1 Å². The molecule has 0 radical (unpaired) electrons. The first-order valence-corrected chi connectivity index (χ1v) is 5.44. The summed E-state index contributed by atoms with van der Waals surface area (Å²) in [5.74, 6) is 0.786. The van der Waals surface area contributed by atoms with Gasteiger partial charge in [0.1, 0.15) is 12.2 Å². The highest BCUT2D eigenvalue weighted by Crippen LogP contribution is 2.17. The summed E-state index contributed by atoms with van der Waals surface area (Å²) in [6.07, 6.45) is 1.61. The Hall–Kier alpha value is -2.28. The molecule has 0 aliphatic carbocycles. The molecule has 0 aliphatic rings. The van der Waals surface area contributed by atoms with Gasteiger partial charge in [0.25, 0.3) is 5.69 Å². The third kappa shape index (κ3) is 2.69. The summed E-state index contributed by atoms with van der Waals surface area (Å²) in [4.78, 5) is 10.4. The van der Waals surface area contributed by atoms with E-state index in [0.29, 0.717) is 18.7 Å². The lowest BCUT2D eigenvalue weighted by Crippen LogP contribution is -2.16. The van der Waals surface area contributed by atoms with Crippen LogP contribution in [0.3, 0.4) is 0 Å². The Labute approximate surface area is 104 Å². The molecule has 2 aromatic rings. The number of benzene rings is 1. The van der Waals surface area contributed by atoms with E-state index in [2.05, 4.69) is 15.5 Å². The van der Waals surface area contributed by atoms with Crippen LogP contribution in [0, 0.1) is 10.1 Å². The fraction of sp³-hybridized carbons (Fsp3) is 0.273. The van der Waals surface area contributed by atoms with Crippen molar-refractivity contribution in [3.63, 3.8) is 0 Å². The van der Waals surface area contributed by atoms with E-state index >= 15 is 0 Å². The number of aromatic nitrogens is 3. The average Bonchev–Trinajstić information content (AvgIpc) is 2.76. The summed E-state index contributed by atoms with van der Waals surface area (Å²) >= 11 is 0. The van der Waals surface area contributed by atoms with E-state index in [1.165, 1.54) is 6.07 Å². The molecular weight excluding hydrogens is 234 g/mol. The van der Waals surface area contributed by atoms with E-state index in [0.717, 1.165) is 5.82 Å². The molecule has 0 unspecified atom stereocenters. The van der Waals surface area contributed by atoms with Crippen LogP contribution in [0.2, 0.25) is 0 Å². The van der Waals surface area contributed by atoms with Gasteiger partial charge in [-0.1, -0.05) is 18.2 Å². The number of hydrogen-bond donors (Lipinski definition) is 1. The van der Waals surface area contributed by atoms with E-state index in [-0.39, 0.29) is 10.6 Å². The van der Waals surface area contributed by atoms with Crippen molar-refractivity contribution in [2.45, 2.75) is 13.1 Å². The summed E-state index contributed by atoms with van der Waals surface area (Å²) in [6, 6.07) is 6.68. The summed E-state index contributed by atoms with van der Waals surface area (Å²) in [7, 11) is 1.85. The predicted molar refractivity (Wildman–Crippen MR) is 64.6 cm³/mol. The van der Waals surface area contributed by atoms with Gasteiger partial charge < -0.3 is 9.88 Å². The van der Waals surface area contributed by atoms with Crippen molar-refractivity contribution in [2.75, 3.05) is 0 Å². The lowest BCUT2D eigenvalue weighted by Gasteiger charge is -2.05. The highest BCUT2D eigenvalue weighted by atomic mass is 16.6. The Kier molecular flexibility index (Phi) is 3.63. The molecule has 0 aliphatic heterocycles. The second-order valence-corrected chi connectivity index (χ2v) is 3.85. The first-order valence-electron chi connectivity index (χ1n) is 5.44. The summed E-state index contributed by atoms with van der Waals surface area (Å²) in [6.45, 7) is 0.937. The minimum absolute atomic E-state index is 0.128. The van der Waals surface area contributed by atoms with Gasteiger partial charge in [0.15, 0.2) is 0 Å². The number of nitrogens with zero attached hydrogens (tertiary/aromatic N) is 4. The lowest BCUT2D eigenvalue weighted by molar-refractivity contribution is -0.385. The number of para-hydroxylation sites is 1. The van der Waals surface area contributed by atoms with Gasteiger partial charge >= 0.3 is 0 Å². The Bertz CT molecular complexity index is 552. The lowest BCUT2D eigenvalue weighted by atomic mass is 10.2. The minimum atomic E-state index is -0.376. The molecule has 2 rings (SSSR count). The third-order valence-corrected chi connectivity index (χ3v) is 2.59. The molecule has 7 nitrogen and oxygen atoms in total. The molecule has 1 N–H and O–H groups in total. The molecule has 94 valence electrons. The molecule has 0 atom stereocenters. The minimum Gasteiger partial charge on any atom is -0.320 e. The highest BCUT2D eigenvalue weighted by molar-refractivity contribution is 5.39. The van der Waals surface area contributed by atoms with Gasteiger partial charge in [-0.2, -0.15) is 0 Å². The average molecular weight is 247 g/mol. The van der Waals surface area contributed by atoms with E-state index in [9.17, 15) is 10.1 Å². The van der Waals surface area contributed by atoms with Gasteiger partial charge in [-0.3, -0.25) is 10.1 Å². The molecule has 0 bridgehead atoms. The maximum absolute atomic E-state index is 10.8. The molecule has 0 spiro atoms. The van der Waals surface area contributed by atoms with Gasteiger partial charge in [-0.25, -0.2) is 0 Å². The first kappa shape index (κ1) is 12.2. The number of nitrogens with one attached hydrogen (secondary N) is 1. The fourth-order valence-corrected chi connectivity index (χ4v) is 1.61. The maximum atomic E-state index is 10.8. The zero-order chi connectivity index (χ0) is 13.0. The maximum Gasteiger partial charge on any atom is 0.273 e. The SMILES string of the molecule is Cn1cnnc1CNCc1ccccc1[N+](=O)[O-]. The van der Waals surface area contributed by atoms with E-state index in [1.807, 2.05) is 7.05 Å². The van der Waals surface area contributed by atoms with E-state index < -0.39 is 0 Å². The summed E-state index contributed by atoms with van der Waals surface area (Å²) < 4.78 is 1.80. The second-order valence-electron chi connectivity index (χ2n) is 3.85. The summed E-state index contributed by atoms with van der Waals surface area (Å²) in [5, 5.41) is 21.6. The zero-order valence-corrected chi connectivity index (χ0v) is 9.91. The Balaban J connectivity index is 1.99. The summed E-state index contributed by atoms with van der Waals surface area (Å²) in [5.41, 5.74) is 0.785. The van der Waals surface area contributed by atoms with Crippen LogP contribution < -0.4 is 5.32 Å². The molecule has 1 heterocycles. The van der Waals surface area contributed by atoms with E-state index in [4.69, 9.17) is 0 Å². The molecule has 0 fully saturated rings. The molecule has 0 saturated carbocycles. The van der Waals surface area contributed by atoms with Crippen molar-refractivity contribution >= 4 is 5.69 Å². The normalized spacial score (nSPS) is 10.5. The number of aryl methyl sites for hydroxylation is 1. The van der Waals surface area contributed by atoms with Crippen LogP contribution >= 0.6 is 0 Å². The Morgan fingerprint density at radius 2 is 2.17 bits per heavy atom. The Morgan fingerprint density at radius 1 is 1.39 bits per heavy atom. The Morgan fingerprint density at radius 3 is 2.83 bits per heavy atom. The van der Waals surface area contributed by atoms with Crippen molar-refractivity contribution < 1.29 is 4.92 Å². The zero-order valence-electron chi connectivity index (χ0n) is 9.91. The quantitative estimate of drug-likeness (QED) is 0.629. The topological polar surface area (TPSA) is 85.9 Å². The molecule has 18 heavy (non-hydrogen) atoms. The van der Waals surface area contributed by atoms with Gasteiger partial charge in [-0.05, 0) is 0 Å². The first-order chi connectivity index (χ1) is 8.68. The number of nitro benzene ring substituents is 1.